The zero-order chi connectivity index (χ0) is 16.8. The molecule has 22 heavy (non-hydrogen) atoms. The molecule has 1 saturated carbocycles. The van der Waals surface area contributed by atoms with Gasteiger partial charge in [-0.05, 0) is 31.5 Å². The number of ether oxygens (including phenoxy) is 1. The molecule has 1 aliphatic rings. The standard InChI is InChI=1S/C13H11Cl3F3NO2/c1-11(5-12(11,15)16)10(21)20-8-4-7(14)2-3-9(8)22-6-13(17,18)19/h2-4H,5-6H2,1H3,(H,20,21). The number of anilines is 1. The third-order valence-corrected chi connectivity index (χ3v) is 4.68. The number of hydrogen-bond acceptors (Lipinski definition) is 2. The molecule has 9 heteroatoms. The molecule has 122 valence electrons. The summed E-state index contributed by atoms with van der Waals surface area (Å²) in [6.45, 7) is 0.0762. The molecule has 1 aromatic rings. The highest BCUT2D eigenvalue weighted by Crippen LogP contribution is 2.64. The average molecular weight is 377 g/mol. The summed E-state index contributed by atoms with van der Waals surface area (Å²) in [4.78, 5) is 12.2. The fourth-order valence-corrected chi connectivity index (χ4v) is 2.67. The molecule has 1 unspecified atom stereocenters. The van der Waals surface area contributed by atoms with E-state index in [9.17, 15) is 18.0 Å². The molecule has 3 nitrogen and oxygen atoms in total. The van der Waals surface area contributed by atoms with E-state index in [2.05, 4.69) is 10.1 Å². The molecule has 1 amide bonds. The Morgan fingerprint density at radius 1 is 1.41 bits per heavy atom. The molecule has 1 atom stereocenters. The summed E-state index contributed by atoms with van der Waals surface area (Å²) >= 11 is 17.6. The number of halogens is 6. The quantitative estimate of drug-likeness (QED) is 0.766. The first-order valence-corrected chi connectivity index (χ1v) is 7.26. The van der Waals surface area contributed by atoms with Crippen molar-refractivity contribution in [3.63, 3.8) is 0 Å². The van der Waals surface area contributed by atoms with Crippen LogP contribution in [0.4, 0.5) is 18.9 Å². The zero-order valence-corrected chi connectivity index (χ0v) is 13.5. The Morgan fingerprint density at radius 3 is 2.50 bits per heavy atom. The summed E-state index contributed by atoms with van der Waals surface area (Å²) in [6.07, 6.45) is -4.25. The van der Waals surface area contributed by atoms with Crippen LogP contribution in [0.5, 0.6) is 5.75 Å². The van der Waals surface area contributed by atoms with Gasteiger partial charge in [0.25, 0.3) is 0 Å². The van der Waals surface area contributed by atoms with Crippen molar-refractivity contribution in [2.24, 2.45) is 5.41 Å². The predicted molar refractivity (Wildman–Crippen MR) is 78.8 cm³/mol. The number of amides is 1. The van der Waals surface area contributed by atoms with Gasteiger partial charge in [-0.1, -0.05) is 11.6 Å². The van der Waals surface area contributed by atoms with E-state index in [-0.39, 0.29) is 22.9 Å². The van der Waals surface area contributed by atoms with Gasteiger partial charge in [0.1, 0.15) is 10.1 Å². The van der Waals surface area contributed by atoms with Crippen LogP contribution in [-0.4, -0.2) is 23.0 Å². The van der Waals surface area contributed by atoms with Gasteiger partial charge >= 0.3 is 6.18 Å². The number of hydrogen-bond donors (Lipinski definition) is 1. The summed E-state index contributed by atoms with van der Waals surface area (Å²) < 4.78 is 40.2. The number of rotatable bonds is 4. The van der Waals surface area contributed by atoms with Gasteiger partial charge in [0.2, 0.25) is 5.91 Å². The van der Waals surface area contributed by atoms with Crippen molar-refractivity contribution in [3.8, 4) is 5.75 Å². The molecule has 0 aliphatic heterocycles. The number of nitrogens with one attached hydrogen (secondary N) is 1. The maximum Gasteiger partial charge on any atom is 0.422 e. The van der Waals surface area contributed by atoms with Gasteiger partial charge in [0.15, 0.2) is 6.61 Å². The fourth-order valence-electron chi connectivity index (χ4n) is 1.79. The van der Waals surface area contributed by atoms with Crippen LogP contribution in [0.2, 0.25) is 5.02 Å². The van der Waals surface area contributed by atoms with Crippen molar-refractivity contribution >= 4 is 46.4 Å². The van der Waals surface area contributed by atoms with E-state index in [4.69, 9.17) is 34.8 Å². The maximum absolute atomic E-state index is 12.2. The Bertz CT molecular complexity index is 607. The van der Waals surface area contributed by atoms with Crippen LogP contribution in [0, 0.1) is 5.41 Å². The molecule has 1 aliphatic carbocycles. The topological polar surface area (TPSA) is 38.3 Å². The summed E-state index contributed by atoms with van der Waals surface area (Å²) in [5.41, 5.74) is -0.987. The van der Waals surface area contributed by atoms with Crippen LogP contribution >= 0.6 is 34.8 Å². The third-order valence-electron chi connectivity index (χ3n) is 3.34. The van der Waals surface area contributed by atoms with Gasteiger partial charge in [-0.25, -0.2) is 0 Å². The van der Waals surface area contributed by atoms with E-state index < -0.39 is 28.4 Å². The van der Waals surface area contributed by atoms with Gasteiger partial charge in [-0.3, -0.25) is 4.79 Å². The van der Waals surface area contributed by atoms with Crippen molar-refractivity contribution in [2.75, 3.05) is 11.9 Å². The van der Waals surface area contributed by atoms with E-state index >= 15 is 0 Å². The Hall–Kier alpha value is -0.850. The van der Waals surface area contributed by atoms with Crippen LogP contribution < -0.4 is 10.1 Å². The number of carbonyl (C=O) groups excluding carboxylic acids is 1. The van der Waals surface area contributed by atoms with Crippen molar-refractivity contribution in [2.45, 2.75) is 23.9 Å². The smallest absolute Gasteiger partial charge is 0.422 e. The van der Waals surface area contributed by atoms with E-state index in [1.54, 1.807) is 6.92 Å². The minimum absolute atomic E-state index is 0.0269. The lowest BCUT2D eigenvalue weighted by Crippen LogP contribution is -2.26. The van der Waals surface area contributed by atoms with E-state index in [1.165, 1.54) is 18.2 Å². The molecular weight excluding hydrogens is 366 g/mol. The third kappa shape index (κ3) is 3.73. The SMILES string of the molecule is CC1(C(=O)Nc2cc(Cl)ccc2OCC(F)(F)F)CC1(Cl)Cl. The molecule has 1 aromatic carbocycles. The Kier molecular flexibility index (Phi) is 4.50. The Labute approximate surface area is 139 Å². The average Bonchev–Trinajstić information content (AvgIpc) is 2.88. The van der Waals surface area contributed by atoms with Crippen LogP contribution in [0.1, 0.15) is 13.3 Å². The second-order valence-electron chi connectivity index (χ2n) is 5.21. The van der Waals surface area contributed by atoms with Gasteiger partial charge in [-0.15, -0.1) is 23.2 Å². The van der Waals surface area contributed by atoms with E-state index in [1.807, 2.05) is 0 Å². The lowest BCUT2D eigenvalue weighted by molar-refractivity contribution is -0.153. The first-order valence-electron chi connectivity index (χ1n) is 6.13. The molecule has 0 spiro atoms. The van der Waals surface area contributed by atoms with Crippen LogP contribution in [0.3, 0.4) is 0 Å². The lowest BCUT2D eigenvalue weighted by Gasteiger charge is -2.17. The maximum atomic E-state index is 12.2. The van der Waals surface area contributed by atoms with Gasteiger partial charge in [0.05, 0.1) is 11.1 Å². The summed E-state index contributed by atoms with van der Waals surface area (Å²) in [7, 11) is 0. The number of carbonyl (C=O) groups is 1. The van der Waals surface area contributed by atoms with Gasteiger partial charge in [-0.2, -0.15) is 13.2 Å². The van der Waals surface area contributed by atoms with Crippen molar-refractivity contribution in [1.82, 2.24) is 0 Å². The summed E-state index contributed by atoms with van der Waals surface area (Å²) in [5, 5.41) is 2.70. The highest BCUT2D eigenvalue weighted by atomic mass is 35.5. The zero-order valence-electron chi connectivity index (χ0n) is 11.2. The van der Waals surface area contributed by atoms with Gasteiger partial charge in [0, 0.05) is 5.02 Å². The minimum Gasteiger partial charge on any atom is -0.482 e. The second-order valence-corrected chi connectivity index (χ2v) is 7.13. The molecule has 1 fully saturated rings. The van der Waals surface area contributed by atoms with E-state index in [0.29, 0.717) is 0 Å². The van der Waals surface area contributed by atoms with Crippen molar-refractivity contribution < 1.29 is 22.7 Å². The van der Waals surface area contributed by atoms with Crippen molar-refractivity contribution in [1.29, 1.82) is 0 Å². The number of alkyl halides is 5. The van der Waals surface area contributed by atoms with Crippen molar-refractivity contribution in [3.05, 3.63) is 23.2 Å². The normalized spacial score (nSPS) is 23.0. The first kappa shape index (κ1) is 17.5. The molecule has 0 saturated heterocycles. The van der Waals surface area contributed by atoms with Crippen LogP contribution in [0.15, 0.2) is 18.2 Å². The molecule has 0 heterocycles. The lowest BCUT2D eigenvalue weighted by atomic mass is 10.1. The minimum atomic E-state index is -4.50. The molecule has 0 aromatic heterocycles. The Morgan fingerprint density at radius 2 is 2.00 bits per heavy atom. The van der Waals surface area contributed by atoms with Gasteiger partial charge < -0.3 is 10.1 Å². The number of benzene rings is 1. The predicted octanol–water partition coefficient (Wildman–Crippen LogP) is 4.80. The van der Waals surface area contributed by atoms with Crippen LogP contribution in [0.25, 0.3) is 0 Å². The summed E-state index contributed by atoms with van der Waals surface area (Å²) in [5.74, 6) is -0.661. The molecule has 0 radical (unpaired) electrons. The van der Waals surface area contributed by atoms with E-state index in [0.717, 1.165) is 0 Å². The van der Waals surface area contributed by atoms with Crippen LogP contribution in [-0.2, 0) is 4.79 Å². The highest BCUT2D eigenvalue weighted by molar-refractivity contribution is 6.53. The fraction of sp³-hybridized carbons (Fsp3) is 0.462. The molecule has 1 N–H and O–H groups in total. The summed E-state index contributed by atoms with van der Waals surface area (Å²) in [6, 6.07) is 3.89. The molecular formula is C13H11Cl3F3NO2. The largest absolute Gasteiger partial charge is 0.482 e. The second kappa shape index (κ2) is 5.65. The highest BCUT2D eigenvalue weighted by Gasteiger charge is 2.68. The first-order chi connectivity index (χ1) is 9.95. The molecule has 2 rings (SSSR count). The Balaban J connectivity index is 2.16. The monoisotopic (exact) mass is 375 g/mol. The molecule has 0 bridgehead atoms.